The lowest BCUT2D eigenvalue weighted by Gasteiger charge is -2.45. The number of ether oxygens (including phenoxy) is 6. The van der Waals surface area contributed by atoms with Crippen LogP contribution in [0.5, 0.6) is 0 Å². The molecule has 42 heavy (non-hydrogen) atoms. The number of nitrogens with one attached hydrogen (secondary N) is 1. The fourth-order valence-electron chi connectivity index (χ4n) is 5.60. The van der Waals surface area contributed by atoms with Crippen LogP contribution < -0.4 is 34.0 Å². The largest absolute Gasteiger partial charge is 0.466 e. The van der Waals surface area contributed by atoms with Crippen molar-refractivity contribution in [2.24, 2.45) is 28.7 Å². The second-order valence-corrected chi connectivity index (χ2v) is 11.1. The summed E-state index contributed by atoms with van der Waals surface area (Å²) in [7, 11) is 1.69. The zero-order valence-electron chi connectivity index (χ0n) is 23.2. The van der Waals surface area contributed by atoms with Crippen molar-refractivity contribution in [1.82, 2.24) is 5.32 Å². The van der Waals surface area contributed by atoms with Gasteiger partial charge in [-0.15, -0.1) is 0 Å². The standard InChI is InChI=1S/C24H46N6O12/c1-30-5-7-2-10(32)13(28)22(37-7)40-19-9(27)3-8(26)15(33)21(19)42-24-18(36)20(12(6-31)39-24)41-23-14(29)17(35)16(34)11(4-25)38-23/h2,8-24,30-36H,3-6,25-29H2,1H3. The Bertz CT molecular complexity index is 908. The van der Waals surface area contributed by atoms with Crippen LogP contribution in [-0.4, -0.2) is 161 Å². The van der Waals surface area contributed by atoms with Crippen LogP contribution in [-0.2, 0) is 28.4 Å². The third kappa shape index (κ3) is 6.90. The quantitative estimate of drug-likeness (QED) is 0.109. The number of aliphatic hydroxyl groups is 6. The molecule has 3 aliphatic heterocycles. The van der Waals surface area contributed by atoms with E-state index in [2.05, 4.69) is 5.32 Å². The number of aliphatic hydroxyl groups excluding tert-OH is 6. The highest BCUT2D eigenvalue weighted by atomic mass is 16.8. The van der Waals surface area contributed by atoms with Gasteiger partial charge in [-0.05, 0) is 19.5 Å². The molecule has 3 heterocycles. The summed E-state index contributed by atoms with van der Waals surface area (Å²) in [5.74, 6) is 0.383. The Balaban J connectivity index is 1.49. The Morgan fingerprint density at radius 1 is 0.786 bits per heavy atom. The Labute approximate surface area is 242 Å². The van der Waals surface area contributed by atoms with Crippen molar-refractivity contribution in [3.63, 3.8) is 0 Å². The molecule has 1 aliphatic carbocycles. The first kappa shape index (κ1) is 33.7. The molecule has 17 unspecified atom stereocenters. The molecule has 0 radical (unpaired) electrons. The van der Waals surface area contributed by atoms with E-state index in [0.717, 1.165) is 0 Å². The smallest absolute Gasteiger partial charge is 0.218 e. The lowest BCUT2D eigenvalue weighted by Crippen LogP contribution is -2.65. The fourth-order valence-corrected chi connectivity index (χ4v) is 5.60. The van der Waals surface area contributed by atoms with E-state index in [0.29, 0.717) is 5.76 Å². The first-order valence-corrected chi connectivity index (χ1v) is 13.9. The van der Waals surface area contributed by atoms with Crippen molar-refractivity contribution < 1.29 is 59.1 Å². The van der Waals surface area contributed by atoms with Crippen LogP contribution in [0.4, 0.5) is 0 Å². The number of hydrogen-bond donors (Lipinski definition) is 12. The molecule has 0 aromatic heterocycles. The van der Waals surface area contributed by atoms with Crippen molar-refractivity contribution in [2.75, 3.05) is 26.7 Å². The number of likely N-dealkylation sites (N-methyl/N-ethyl adjacent to an activating group) is 1. The van der Waals surface area contributed by atoms with Gasteiger partial charge in [0.15, 0.2) is 12.6 Å². The Kier molecular flexibility index (Phi) is 11.5. The van der Waals surface area contributed by atoms with E-state index in [-0.39, 0.29) is 19.5 Å². The fraction of sp³-hybridized carbons (Fsp3) is 0.917. The first-order valence-electron chi connectivity index (χ1n) is 13.9. The summed E-state index contributed by atoms with van der Waals surface area (Å²) in [6.07, 6.45) is -15.0. The topological polar surface area (TPSA) is 319 Å². The van der Waals surface area contributed by atoms with Crippen LogP contribution in [0.25, 0.3) is 0 Å². The third-order valence-electron chi connectivity index (χ3n) is 8.07. The molecule has 3 fully saturated rings. The molecule has 17 N–H and O–H groups in total. The van der Waals surface area contributed by atoms with E-state index in [1.165, 1.54) is 6.08 Å². The number of hydrogen-bond acceptors (Lipinski definition) is 18. The highest BCUT2D eigenvalue weighted by Gasteiger charge is 2.53. The highest BCUT2D eigenvalue weighted by molar-refractivity contribution is 5.09. The molecule has 0 bridgehead atoms. The van der Waals surface area contributed by atoms with Gasteiger partial charge in [-0.1, -0.05) is 0 Å². The minimum absolute atomic E-state index is 0.141. The molecule has 2 saturated heterocycles. The van der Waals surface area contributed by atoms with Crippen molar-refractivity contribution in [2.45, 2.75) is 110 Å². The second-order valence-electron chi connectivity index (χ2n) is 11.1. The zero-order valence-corrected chi connectivity index (χ0v) is 23.2. The van der Waals surface area contributed by atoms with Crippen molar-refractivity contribution in [3.8, 4) is 0 Å². The maximum absolute atomic E-state index is 11.1. The van der Waals surface area contributed by atoms with Crippen LogP contribution in [0, 0.1) is 0 Å². The maximum atomic E-state index is 11.1. The minimum atomic E-state index is -1.57. The molecular formula is C24H46N6O12. The van der Waals surface area contributed by atoms with Gasteiger partial charge < -0.3 is 93.0 Å². The maximum Gasteiger partial charge on any atom is 0.218 e. The van der Waals surface area contributed by atoms with Gasteiger partial charge in [0.1, 0.15) is 54.6 Å². The molecule has 17 atom stereocenters. The molecule has 0 aromatic carbocycles. The van der Waals surface area contributed by atoms with E-state index >= 15 is 0 Å². The van der Waals surface area contributed by atoms with E-state index < -0.39 is 111 Å². The SMILES string of the molecule is CNCC1=CC(O)C(N)C(OC2C(N)CC(N)C(O)C2OC2OC(CO)C(OC3OC(CN)C(O)C(O)C3N)C2O)O1. The molecule has 4 aliphatic rings. The van der Waals surface area contributed by atoms with Crippen LogP contribution in [0.15, 0.2) is 11.8 Å². The van der Waals surface area contributed by atoms with Crippen molar-refractivity contribution >= 4 is 0 Å². The van der Waals surface area contributed by atoms with Gasteiger partial charge in [0.25, 0.3) is 0 Å². The van der Waals surface area contributed by atoms with Gasteiger partial charge in [0, 0.05) is 18.6 Å². The average Bonchev–Trinajstić information content (AvgIpc) is 3.25. The third-order valence-corrected chi connectivity index (χ3v) is 8.07. The Morgan fingerprint density at radius 2 is 1.43 bits per heavy atom. The second kappa shape index (κ2) is 14.3. The minimum Gasteiger partial charge on any atom is -0.466 e. The van der Waals surface area contributed by atoms with Gasteiger partial charge in [0.05, 0.1) is 37.4 Å². The van der Waals surface area contributed by atoms with Crippen LogP contribution in [0.1, 0.15) is 6.42 Å². The van der Waals surface area contributed by atoms with Crippen molar-refractivity contribution in [3.05, 3.63) is 11.8 Å². The van der Waals surface area contributed by atoms with E-state index in [4.69, 9.17) is 57.1 Å². The van der Waals surface area contributed by atoms with Gasteiger partial charge in [-0.2, -0.15) is 0 Å². The summed E-state index contributed by atoms with van der Waals surface area (Å²) >= 11 is 0. The first-order chi connectivity index (χ1) is 19.9. The molecule has 244 valence electrons. The summed E-state index contributed by atoms with van der Waals surface area (Å²) < 4.78 is 35.0. The van der Waals surface area contributed by atoms with Crippen LogP contribution in [0.3, 0.4) is 0 Å². The summed E-state index contributed by atoms with van der Waals surface area (Å²) in [5, 5.41) is 65.8. The van der Waals surface area contributed by atoms with Crippen LogP contribution in [0.2, 0.25) is 0 Å². The molecular weight excluding hydrogens is 564 g/mol. The monoisotopic (exact) mass is 610 g/mol. The number of nitrogens with two attached hydrogens (primary N) is 5. The molecule has 18 heteroatoms. The van der Waals surface area contributed by atoms with Gasteiger partial charge in [-0.25, -0.2) is 0 Å². The number of rotatable bonds is 10. The van der Waals surface area contributed by atoms with Crippen molar-refractivity contribution in [1.29, 1.82) is 0 Å². The summed E-state index contributed by atoms with van der Waals surface area (Å²) in [4.78, 5) is 0. The lowest BCUT2D eigenvalue weighted by atomic mass is 9.84. The summed E-state index contributed by atoms with van der Waals surface area (Å²) in [6.45, 7) is -0.483. The molecule has 0 aromatic rings. The molecule has 0 spiro atoms. The van der Waals surface area contributed by atoms with Crippen LogP contribution >= 0.6 is 0 Å². The predicted molar refractivity (Wildman–Crippen MR) is 142 cm³/mol. The van der Waals surface area contributed by atoms with E-state index in [1.807, 2.05) is 0 Å². The molecule has 4 rings (SSSR count). The van der Waals surface area contributed by atoms with Gasteiger partial charge >= 0.3 is 0 Å². The molecule has 0 amide bonds. The van der Waals surface area contributed by atoms with E-state index in [1.54, 1.807) is 7.05 Å². The summed E-state index contributed by atoms with van der Waals surface area (Å²) in [6, 6.07) is -3.83. The Hall–Kier alpha value is -1.14. The van der Waals surface area contributed by atoms with Gasteiger partial charge in [-0.3, -0.25) is 0 Å². The Morgan fingerprint density at radius 3 is 2.07 bits per heavy atom. The zero-order chi connectivity index (χ0) is 30.9. The van der Waals surface area contributed by atoms with Gasteiger partial charge in [0.2, 0.25) is 6.29 Å². The normalized spacial score (nSPS) is 49.9. The van der Waals surface area contributed by atoms with E-state index in [9.17, 15) is 30.6 Å². The lowest BCUT2D eigenvalue weighted by molar-refractivity contribution is -0.282. The predicted octanol–water partition coefficient (Wildman–Crippen LogP) is -7.48. The molecule has 18 nitrogen and oxygen atoms in total. The highest BCUT2D eigenvalue weighted by Crippen LogP contribution is 2.34. The molecule has 1 saturated carbocycles. The average molecular weight is 611 g/mol. The summed E-state index contributed by atoms with van der Waals surface area (Å²) in [5.41, 5.74) is 30.2.